The van der Waals surface area contributed by atoms with Gasteiger partial charge >= 0.3 is 0 Å². The van der Waals surface area contributed by atoms with Gasteiger partial charge in [0.15, 0.2) is 0 Å². The summed E-state index contributed by atoms with van der Waals surface area (Å²) in [5.74, 6) is 0.829. The SMILES string of the molecule is CN=Cc1cc(N2CCOC[C@H]2C)nc(Cl)n1. The molecule has 17 heavy (non-hydrogen) atoms. The van der Waals surface area contributed by atoms with Gasteiger partial charge in [0.25, 0.3) is 0 Å². The molecule has 0 spiro atoms. The molecule has 2 heterocycles. The van der Waals surface area contributed by atoms with Gasteiger partial charge in [0.2, 0.25) is 5.28 Å². The molecule has 0 aromatic carbocycles. The maximum Gasteiger partial charge on any atom is 0.224 e. The minimum atomic E-state index is 0.246. The minimum Gasteiger partial charge on any atom is -0.377 e. The summed E-state index contributed by atoms with van der Waals surface area (Å²) in [6.07, 6.45) is 1.67. The third-order valence-corrected chi connectivity index (χ3v) is 2.80. The van der Waals surface area contributed by atoms with Gasteiger partial charge in [0, 0.05) is 25.9 Å². The zero-order valence-electron chi connectivity index (χ0n) is 9.93. The highest BCUT2D eigenvalue weighted by molar-refractivity contribution is 6.28. The molecule has 1 atom stereocenters. The summed E-state index contributed by atoms with van der Waals surface area (Å²) < 4.78 is 5.40. The van der Waals surface area contributed by atoms with Gasteiger partial charge in [-0.15, -0.1) is 0 Å². The van der Waals surface area contributed by atoms with Gasteiger partial charge in [-0.05, 0) is 18.5 Å². The van der Waals surface area contributed by atoms with Gasteiger partial charge in [-0.25, -0.2) is 9.97 Å². The lowest BCUT2D eigenvalue weighted by molar-refractivity contribution is 0.0985. The van der Waals surface area contributed by atoms with Crippen LogP contribution in [0.2, 0.25) is 5.28 Å². The summed E-state index contributed by atoms with van der Waals surface area (Å²) in [4.78, 5) is 14.4. The second-order valence-electron chi connectivity index (χ2n) is 3.92. The van der Waals surface area contributed by atoms with E-state index in [1.54, 1.807) is 13.3 Å². The van der Waals surface area contributed by atoms with Crippen LogP contribution in [-0.2, 0) is 4.74 Å². The molecule has 0 bridgehead atoms. The zero-order valence-corrected chi connectivity index (χ0v) is 10.7. The highest BCUT2D eigenvalue weighted by Crippen LogP contribution is 2.19. The summed E-state index contributed by atoms with van der Waals surface area (Å²) in [6, 6.07) is 2.18. The number of hydrogen-bond donors (Lipinski definition) is 0. The van der Waals surface area contributed by atoms with Gasteiger partial charge in [-0.2, -0.15) is 0 Å². The number of nitrogens with zero attached hydrogens (tertiary/aromatic N) is 4. The van der Waals surface area contributed by atoms with E-state index in [0.29, 0.717) is 19.3 Å². The molecule has 6 heteroatoms. The fraction of sp³-hybridized carbons (Fsp3) is 0.545. The van der Waals surface area contributed by atoms with Crippen LogP contribution in [0.4, 0.5) is 5.82 Å². The summed E-state index contributed by atoms with van der Waals surface area (Å²) >= 11 is 5.91. The van der Waals surface area contributed by atoms with E-state index in [2.05, 4.69) is 26.8 Å². The Balaban J connectivity index is 2.30. The van der Waals surface area contributed by atoms with Crippen molar-refractivity contribution in [2.24, 2.45) is 4.99 Å². The number of aliphatic imine (C=N–C) groups is 1. The van der Waals surface area contributed by atoms with Gasteiger partial charge in [-0.1, -0.05) is 0 Å². The van der Waals surface area contributed by atoms with Crippen molar-refractivity contribution < 1.29 is 4.74 Å². The Hall–Kier alpha value is -1.20. The lowest BCUT2D eigenvalue weighted by atomic mass is 10.2. The second kappa shape index (κ2) is 5.42. The van der Waals surface area contributed by atoms with Crippen LogP contribution in [0.1, 0.15) is 12.6 Å². The molecular weight excluding hydrogens is 240 g/mol. The van der Waals surface area contributed by atoms with E-state index in [9.17, 15) is 0 Å². The van der Waals surface area contributed by atoms with Crippen LogP contribution in [0.3, 0.4) is 0 Å². The van der Waals surface area contributed by atoms with Crippen molar-refractivity contribution in [2.75, 3.05) is 31.7 Å². The monoisotopic (exact) mass is 254 g/mol. The zero-order chi connectivity index (χ0) is 12.3. The van der Waals surface area contributed by atoms with Crippen LogP contribution in [0.25, 0.3) is 0 Å². The average molecular weight is 255 g/mol. The van der Waals surface area contributed by atoms with Gasteiger partial charge in [-0.3, -0.25) is 4.99 Å². The Bertz CT molecular complexity index is 424. The first kappa shape index (κ1) is 12.3. The van der Waals surface area contributed by atoms with Crippen molar-refractivity contribution in [1.82, 2.24) is 9.97 Å². The predicted octanol–water partition coefficient (Wildman–Crippen LogP) is 1.40. The quantitative estimate of drug-likeness (QED) is 0.591. The summed E-state index contributed by atoms with van der Waals surface area (Å²) in [6.45, 7) is 4.34. The largest absolute Gasteiger partial charge is 0.377 e. The van der Waals surface area contributed by atoms with Crippen molar-refractivity contribution in [2.45, 2.75) is 13.0 Å². The molecule has 0 saturated carbocycles. The van der Waals surface area contributed by atoms with Gasteiger partial charge in [0.05, 0.1) is 24.9 Å². The third kappa shape index (κ3) is 2.92. The van der Waals surface area contributed by atoms with Gasteiger partial charge < -0.3 is 9.64 Å². The number of aromatic nitrogens is 2. The standard InChI is InChI=1S/C11H15ClN4O/c1-8-7-17-4-3-16(8)10-5-9(6-13-2)14-11(12)15-10/h5-6,8H,3-4,7H2,1-2H3/t8-/m1/s1. The van der Waals surface area contributed by atoms with Crippen molar-refractivity contribution in [3.63, 3.8) is 0 Å². The van der Waals surface area contributed by atoms with Crippen LogP contribution >= 0.6 is 11.6 Å². The van der Waals surface area contributed by atoms with E-state index in [1.807, 2.05) is 6.07 Å². The van der Waals surface area contributed by atoms with Crippen molar-refractivity contribution in [1.29, 1.82) is 0 Å². The third-order valence-electron chi connectivity index (χ3n) is 2.63. The number of halogens is 1. The molecule has 0 unspecified atom stereocenters. The first-order chi connectivity index (χ1) is 8.20. The molecule has 0 radical (unpaired) electrons. The maximum atomic E-state index is 5.91. The van der Waals surface area contributed by atoms with Crippen LogP contribution in [0.5, 0.6) is 0 Å². The molecule has 0 amide bonds. The molecule has 1 aromatic heterocycles. The Kier molecular flexibility index (Phi) is 3.91. The molecule has 1 aromatic rings. The van der Waals surface area contributed by atoms with Gasteiger partial charge in [0.1, 0.15) is 5.82 Å². The maximum absolute atomic E-state index is 5.91. The first-order valence-electron chi connectivity index (χ1n) is 5.52. The lowest BCUT2D eigenvalue weighted by Crippen LogP contribution is -2.44. The fourth-order valence-electron chi connectivity index (χ4n) is 1.84. The summed E-state index contributed by atoms with van der Waals surface area (Å²) in [5, 5.41) is 0.246. The summed E-state index contributed by atoms with van der Waals surface area (Å²) in [7, 11) is 1.70. The molecule has 1 saturated heterocycles. The minimum absolute atomic E-state index is 0.246. The first-order valence-corrected chi connectivity index (χ1v) is 5.89. The van der Waals surface area contributed by atoms with E-state index < -0.39 is 0 Å². The molecule has 1 fully saturated rings. The van der Waals surface area contributed by atoms with Crippen LogP contribution < -0.4 is 4.90 Å². The number of morpholine rings is 1. The average Bonchev–Trinajstić information content (AvgIpc) is 2.29. The normalized spacial score (nSPS) is 21.1. The summed E-state index contributed by atoms with van der Waals surface area (Å²) in [5.41, 5.74) is 0.723. The Morgan fingerprint density at radius 1 is 1.59 bits per heavy atom. The van der Waals surface area contributed by atoms with E-state index in [1.165, 1.54) is 0 Å². The smallest absolute Gasteiger partial charge is 0.224 e. The van der Waals surface area contributed by atoms with Crippen molar-refractivity contribution >= 4 is 23.6 Å². The predicted molar refractivity (Wildman–Crippen MR) is 68.2 cm³/mol. The van der Waals surface area contributed by atoms with Crippen LogP contribution in [0.15, 0.2) is 11.1 Å². The molecule has 5 nitrogen and oxygen atoms in total. The van der Waals surface area contributed by atoms with Crippen molar-refractivity contribution in [3.8, 4) is 0 Å². The fourth-order valence-corrected chi connectivity index (χ4v) is 2.02. The molecule has 2 rings (SSSR count). The van der Waals surface area contributed by atoms with Crippen molar-refractivity contribution in [3.05, 3.63) is 17.0 Å². The molecule has 0 aliphatic carbocycles. The Labute approximate surface area is 105 Å². The lowest BCUT2D eigenvalue weighted by Gasteiger charge is -2.34. The molecule has 0 N–H and O–H groups in total. The number of rotatable bonds is 2. The molecule has 1 aliphatic heterocycles. The van der Waals surface area contributed by atoms with E-state index in [-0.39, 0.29) is 5.28 Å². The Morgan fingerprint density at radius 3 is 3.12 bits per heavy atom. The number of hydrogen-bond acceptors (Lipinski definition) is 5. The van der Waals surface area contributed by atoms with E-state index in [4.69, 9.17) is 16.3 Å². The highest BCUT2D eigenvalue weighted by Gasteiger charge is 2.20. The van der Waals surface area contributed by atoms with E-state index in [0.717, 1.165) is 18.1 Å². The molecule has 1 aliphatic rings. The van der Waals surface area contributed by atoms with Crippen LogP contribution in [0, 0.1) is 0 Å². The highest BCUT2D eigenvalue weighted by atomic mass is 35.5. The number of ether oxygens (including phenoxy) is 1. The molecule has 92 valence electrons. The molecular formula is C11H15ClN4O. The number of anilines is 1. The Morgan fingerprint density at radius 2 is 2.41 bits per heavy atom. The van der Waals surface area contributed by atoms with Crippen LogP contribution in [-0.4, -0.2) is 49.0 Å². The van der Waals surface area contributed by atoms with E-state index >= 15 is 0 Å². The topological polar surface area (TPSA) is 50.6 Å². The second-order valence-corrected chi connectivity index (χ2v) is 4.26.